The van der Waals surface area contributed by atoms with Crippen LogP contribution in [0.3, 0.4) is 0 Å². The minimum atomic E-state index is -0.0542. The van der Waals surface area contributed by atoms with Gasteiger partial charge in [0.05, 0.1) is 38.8 Å². The molecule has 9 aromatic carbocycles. The van der Waals surface area contributed by atoms with Gasteiger partial charge in [0, 0.05) is 76.3 Å². The molecule has 2 bridgehead atoms. The number of H-pyrrole nitrogens is 1. The Morgan fingerprint density at radius 2 is 0.900 bits per heavy atom. The van der Waals surface area contributed by atoms with E-state index in [4.69, 9.17) is 0 Å². The normalized spacial score (nSPS) is 13.2. The molecule has 1 N–H and O–H groups in total. The zero-order chi connectivity index (χ0) is 47.7. The summed E-state index contributed by atoms with van der Waals surface area (Å²) >= 11 is 0. The molecular formula is C66H56N4. The third kappa shape index (κ3) is 5.77. The minimum Gasteiger partial charge on any atom is -0.354 e. The third-order valence-corrected chi connectivity index (χ3v) is 15.7. The zero-order valence-electron chi connectivity index (χ0n) is 41.5. The lowest BCUT2D eigenvalue weighted by atomic mass is 9.84. The molecule has 0 aliphatic carbocycles. The molecule has 340 valence electrons. The quantitative estimate of drug-likeness (QED) is 0.188. The fourth-order valence-electron chi connectivity index (χ4n) is 12.0. The Hall–Kier alpha value is -7.82. The highest BCUT2D eigenvalue weighted by Crippen LogP contribution is 2.49. The lowest BCUT2D eigenvalue weighted by Crippen LogP contribution is -2.11. The molecule has 0 radical (unpaired) electrons. The molecule has 0 spiro atoms. The second kappa shape index (κ2) is 13.9. The van der Waals surface area contributed by atoms with Gasteiger partial charge in [-0.2, -0.15) is 0 Å². The zero-order valence-corrected chi connectivity index (χ0v) is 41.5. The Balaban J connectivity index is 1.10. The maximum absolute atomic E-state index is 4.04. The molecule has 5 aromatic heterocycles. The number of rotatable bonds is 3. The van der Waals surface area contributed by atoms with Crippen LogP contribution in [0.1, 0.15) is 79.0 Å². The van der Waals surface area contributed by atoms with Crippen molar-refractivity contribution in [2.45, 2.75) is 78.6 Å². The first-order chi connectivity index (χ1) is 33.6. The number of nitrogens with zero attached hydrogens (tertiary/aromatic N) is 3. The van der Waals surface area contributed by atoms with E-state index >= 15 is 0 Å². The van der Waals surface area contributed by atoms with Crippen LogP contribution in [0.4, 0.5) is 17.1 Å². The van der Waals surface area contributed by atoms with E-state index in [1.54, 1.807) is 0 Å². The van der Waals surface area contributed by atoms with Crippen molar-refractivity contribution in [2.75, 3.05) is 4.90 Å². The van der Waals surface area contributed by atoms with Gasteiger partial charge in [0.1, 0.15) is 0 Å². The summed E-state index contributed by atoms with van der Waals surface area (Å²) < 4.78 is 5.07. The SMILES string of the molecule is CC(C)(C)c1cc2cc(c1)c1cc3c(cc1[nH]c1ccc(C(C)(C)C)cc21)c1cc(C(C)(C)C)cc2c4ccc(N(c5ccccc5)c5ccc6c7ccccc7n7c8ccccc8c5c67)cc4n3c21. The van der Waals surface area contributed by atoms with E-state index in [-0.39, 0.29) is 16.2 Å². The molecule has 0 aliphatic heterocycles. The molecule has 0 atom stereocenters. The number of hydrogen-bond acceptors (Lipinski definition) is 1. The Kier molecular flexibility index (Phi) is 8.19. The number of hydrogen-bond donors (Lipinski definition) is 1. The van der Waals surface area contributed by atoms with Crippen LogP contribution in [0.5, 0.6) is 0 Å². The summed E-state index contributed by atoms with van der Waals surface area (Å²) in [4.78, 5) is 6.53. The van der Waals surface area contributed by atoms with Crippen molar-refractivity contribution in [3.8, 4) is 0 Å². The van der Waals surface area contributed by atoms with Gasteiger partial charge in [-0.3, -0.25) is 0 Å². The van der Waals surface area contributed by atoms with Crippen LogP contribution in [0.15, 0.2) is 170 Å². The number of fused-ring (bicyclic) bond motifs is 18. The number of benzene rings is 9. The average molecular weight is 905 g/mol. The highest BCUT2D eigenvalue weighted by atomic mass is 15.1. The summed E-state index contributed by atoms with van der Waals surface area (Å²) in [7, 11) is 0. The topological polar surface area (TPSA) is 27.9 Å². The molecule has 0 saturated heterocycles. The van der Waals surface area contributed by atoms with Crippen LogP contribution in [-0.2, 0) is 16.2 Å². The number of aromatic amines is 1. The van der Waals surface area contributed by atoms with E-state index in [1.165, 1.54) is 114 Å². The Labute approximate surface area is 407 Å². The molecule has 4 heteroatoms. The van der Waals surface area contributed by atoms with Gasteiger partial charge in [0.15, 0.2) is 0 Å². The Morgan fingerprint density at radius 1 is 0.343 bits per heavy atom. The Bertz CT molecular complexity index is 4520. The van der Waals surface area contributed by atoms with Crippen LogP contribution in [0.25, 0.3) is 109 Å². The maximum atomic E-state index is 4.04. The van der Waals surface area contributed by atoms with Crippen molar-refractivity contribution in [3.63, 3.8) is 0 Å². The minimum absolute atomic E-state index is 0.0235. The van der Waals surface area contributed by atoms with Crippen LogP contribution >= 0.6 is 0 Å². The van der Waals surface area contributed by atoms with Gasteiger partial charge in [-0.05, 0) is 129 Å². The molecule has 0 saturated carbocycles. The highest BCUT2D eigenvalue weighted by molar-refractivity contribution is 6.29. The monoisotopic (exact) mass is 904 g/mol. The first kappa shape index (κ1) is 41.2. The van der Waals surface area contributed by atoms with E-state index < -0.39 is 0 Å². The van der Waals surface area contributed by atoms with Crippen molar-refractivity contribution in [1.29, 1.82) is 0 Å². The van der Waals surface area contributed by atoms with Crippen molar-refractivity contribution in [3.05, 3.63) is 187 Å². The first-order valence-electron chi connectivity index (χ1n) is 25.0. The number of para-hydroxylation sites is 3. The standard InChI is InChI=1S/C66H56N4/c1-64(2,3)40-23-27-54-49(32-40)38-29-39(31-41(30-38)65(4,5)6)50-37-60-51(36-55(50)67-54)53-34-42(66(7,8)9)33-52-46-25-24-44(35-59(46)70(60)62(52)53)68(43-17-11-10-12-18-43)58-28-26-47-45-19-13-15-21-56(45)69-57-22-16-14-20-48(57)61(58)63(47)69/h10-37,67H,1-9H3. The van der Waals surface area contributed by atoms with E-state index in [0.29, 0.717) is 0 Å². The van der Waals surface area contributed by atoms with E-state index in [9.17, 15) is 0 Å². The summed E-state index contributed by atoms with van der Waals surface area (Å²) in [6.07, 6.45) is 0. The lowest BCUT2D eigenvalue weighted by molar-refractivity contribution is 0.590. The summed E-state index contributed by atoms with van der Waals surface area (Å²) in [5.74, 6) is 0. The first-order valence-corrected chi connectivity index (χ1v) is 25.0. The van der Waals surface area contributed by atoms with Gasteiger partial charge in [-0.25, -0.2) is 0 Å². The van der Waals surface area contributed by atoms with E-state index in [2.05, 4.69) is 251 Å². The van der Waals surface area contributed by atoms with Crippen LogP contribution in [0, 0.1) is 0 Å². The van der Waals surface area contributed by atoms with Gasteiger partial charge in [0.2, 0.25) is 0 Å². The Morgan fingerprint density at radius 3 is 1.61 bits per heavy atom. The molecule has 0 unspecified atom stereocenters. The van der Waals surface area contributed by atoms with Crippen LogP contribution < -0.4 is 4.90 Å². The summed E-state index contributed by atoms with van der Waals surface area (Å²) in [6.45, 7) is 21.0. The predicted molar refractivity (Wildman–Crippen MR) is 302 cm³/mol. The van der Waals surface area contributed by atoms with Crippen molar-refractivity contribution in [1.82, 2.24) is 13.8 Å². The van der Waals surface area contributed by atoms with Crippen molar-refractivity contribution in [2.24, 2.45) is 0 Å². The van der Waals surface area contributed by atoms with E-state index in [0.717, 1.165) is 28.1 Å². The molecule has 70 heavy (non-hydrogen) atoms. The molecule has 5 heterocycles. The van der Waals surface area contributed by atoms with Gasteiger partial charge in [-0.1, -0.05) is 147 Å². The molecule has 0 amide bonds. The summed E-state index contributed by atoms with van der Waals surface area (Å²) in [5, 5.41) is 15.1. The largest absolute Gasteiger partial charge is 0.354 e. The van der Waals surface area contributed by atoms with Gasteiger partial charge in [-0.15, -0.1) is 0 Å². The molecule has 4 nitrogen and oxygen atoms in total. The third-order valence-electron chi connectivity index (χ3n) is 15.7. The molecule has 14 rings (SSSR count). The molecular weight excluding hydrogens is 849 g/mol. The smallest absolute Gasteiger partial charge is 0.0641 e. The second-order valence-corrected chi connectivity index (χ2v) is 23.2. The van der Waals surface area contributed by atoms with Crippen molar-refractivity contribution >= 4 is 126 Å². The van der Waals surface area contributed by atoms with E-state index in [1.807, 2.05) is 0 Å². The van der Waals surface area contributed by atoms with Gasteiger partial charge < -0.3 is 18.7 Å². The molecule has 0 fully saturated rings. The average Bonchev–Trinajstić information content (AvgIpc) is 4.07. The maximum Gasteiger partial charge on any atom is 0.0641 e. The van der Waals surface area contributed by atoms with Gasteiger partial charge in [0.25, 0.3) is 0 Å². The molecule has 0 aliphatic rings. The second-order valence-electron chi connectivity index (χ2n) is 23.2. The highest BCUT2D eigenvalue weighted by Gasteiger charge is 2.27. The number of anilines is 3. The lowest BCUT2D eigenvalue weighted by Gasteiger charge is -2.26. The fraction of sp³-hybridized carbons (Fsp3) is 0.182. The fourth-order valence-corrected chi connectivity index (χ4v) is 12.0. The molecule has 14 aromatic rings. The predicted octanol–water partition coefficient (Wildman–Crippen LogP) is 18.7. The number of nitrogens with one attached hydrogen (secondary N) is 1. The summed E-state index contributed by atoms with van der Waals surface area (Å²) in [6, 6.07) is 64.8. The van der Waals surface area contributed by atoms with Crippen LogP contribution in [-0.4, -0.2) is 13.8 Å². The van der Waals surface area contributed by atoms with Gasteiger partial charge >= 0.3 is 0 Å². The number of aromatic nitrogens is 3. The van der Waals surface area contributed by atoms with Crippen molar-refractivity contribution < 1.29 is 0 Å². The summed E-state index contributed by atoms with van der Waals surface area (Å²) in [5.41, 5.74) is 17.0. The van der Waals surface area contributed by atoms with Crippen LogP contribution in [0.2, 0.25) is 0 Å².